The molecule has 1 aliphatic rings. The quantitative estimate of drug-likeness (QED) is 0.764. The van der Waals surface area contributed by atoms with E-state index in [4.69, 9.17) is 14.0 Å². The van der Waals surface area contributed by atoms with Crippen molar-refractivity contribution in [3.63, 3.8) is 0 Å². The van der Waals surface area contributed by atoms with Crippen LogP contribution in [-0.2, 0) is 4.79 Å². The molecule has 8 nitrogen and oxygen atoms in total. The van der Waals surface area contributed by atoms with Gasteiger partial charge in [-0.2, -0.15) is 0 Å². The fraction of sp³-hybridized carbons (Fsp3) is 0.421. The molecule has 1 N–H and O–H groups in total. The minimum atomic E-state index is -0.329. The second-order valence-corrected chi connectivity index (χ2v) is 6.57. The number of nitrogens with zero attached hydrogens (tertiary/aromatic N) is 2. The molecule has 1 fully saturated rings. The average Bonchev–Trinajstić information content (AvgIpc) is 3.39. The average molecular weight is 373 g/mol. The summed E-state index contributed by atoms with van der Waals surface area (Å²) in [6.07, 6.45) is 2.13. The zero-order valence-electron chi connectivity index (χ0n) is 15.7. The standard InChI is InChI=1S/C19H23N3O5/c1-12-8-17(21-27-12)20-18(23)11-22(10-13-4-5-13)19(24)15-7-6-14(25-2)9-16(15)26-3/h6-9,13H,4-5,10-11H2,1-3H3,(H,20,21,23). The van der Waals surface area contributed by atoms with Gasteiger partial charge >= 0.3 is 0 Å². The highest BCUT2D eigenvalue weighted by Crippen LogP contribution is 2.31. The van der Waals surface area contributed by atoms with Crippen LogP contribution in [0.3, 0.4) is 0 Å². The van der Waals surface area contributed by atoms with Gasteiger partial charge in [0.15, 0.2) is 5.82 Å². The molecule has 1 aromatic carbocycles. The molecule has 27 heavy (non-hydrogen) atoms. The van der Waals surface area contributed by atoms with Crippen molar-refractivity contribution in [1.29, 1.82) is 0 Å². The number of rotatable bonds is 8. The van der Waals surface area contributed by atoms with Crippen LogP contribution in [-0.4, -0.2) is 49.2 Å². The first-order valence-corrected chi connectivity index (χ1v) is 8.74. The van der Waals surface area contributed by atoms with Crippen LogP contribution in [0.1, 0.15) is 29.0 Å². The SMILES string of the molecule is COc1ccc(C(=O)N(CC(=O)Nc2cc(C)on2)CC2CC2)c(OC)c1. The van der Waals surface area contributed by atoms with E-state index in [0.29, 0.717) is 41.1 Å². The zero-order chi connectivity index (χ0) is 19.4. The predicted octanol–water partition coefficient (Wildman–Crippen LogP) is 2.49. The van der Waals surface area contributed by atoms with Crippen LogP contribution in [0.25, 0.3) is 0 Å². The number of amides is 2. The second kappa shape index (κ2) is 8.11. The molecule has 1 aliphatic carbocycles. The van der Waals surface area contributed by atoms with E-state index in [2.05, 4.69) is 10.5 Å². The van der Waals surface area contributed by atoms with E-state index in [-0.39, 0.29) is 18.4 Å². The highest BCUT2D eigenvalue weighted by molar-refractivity contribution is 6.00. The molecule has 8 heteroatoms. The Balaban J connectivity index is 1.75. The van der Waals surface area contributed by atoms with Gasteiger partial charge in [-0.15, -0.1) is 0 Å². The molecule has 1 heterocycles. The topological polar surface area (TPSA) is 93.9 Å². The van der Waals surface area contributed by atoms with E-state index in [1.807, 2.05) is 0 Å². The summed E-state index contributed by atoms with van der Waals surface area (Å²) in [6, 6.07) is 6.63. The lowest BCUT2D eigenvalue weighted by Crippen LogP contribution is -2.39. The molecule has 0 unspecified atom stereocenters. The summed E-state index contributed by atoms with van der Waals surface area (Å²) in [7, 11) is 3.04. The smallest absolute Gasteiger partial charge is 0.258 e. The summed E-state index contributed by atoms with van der Waals surface area (Å²) in [4.78, 5) is 27.0. The first kappa shape index (κ1) is 18.8. The lowest BCUT2D eigenvalue weighted by molar-refractivity contribution is -0.117. The molecular weight excluding hydrogens is 350 g/mol. The highest BCUT2D eigenvalue weighted by atomic mass is 16.5. The number of carbonyl (C=O) groups is 2. The van der Waals surface area contributed by atoms with Crippen molar-refractivity contribution in [2.24, 2.45) is 5.92 Å². The number of aromatic nitrogens is 1. The van der Waals surface area contributed by atoms with E-state index < -0.39 is 0 Å². The monoisotopic (exact) mass is 373 g/mol. The van der Waals surface area contributed by atoms with Gasteiger partial charge in [0.1, 0.15) is 23.8 Å². The molecule has 2 aromatic rings. The van der Waals surface area contributed by atoms with Crippen LogP contribution in [0.5, 0.6) is 11.5 Å². The van der Waals surface area contributed by atoms with Crippen molar-refractivity contribution < 1.29 is 23.6 Å². The summed E-state index contributed by atoms with van der Waals surface area (Å²) in [5, 5.41) is 6.39. The number of aryl methyl sites for hydroxylation is 1. The highest BCUT2D eigenvalue weighted by Gasteiger charge is 2.30. The van der Waals surface area contributed by atoms with Crippen molar-refractivity contribution in [2.75, 3.05) is 32.6 Å². The van der Waals surface area contributed by atoms with Crippen LogP contribution in [0.2, 0.25) is 0 Å². The van der Waals surface area contributed by atoms with Gasteiger partial charge in [0.05, 0.1) is 19.8 Å². The van der Waals surface area contributed by atoms with Gasteiger partial charge in [0.25, 0.3) is 5.91 Å². The summed E-state index contributed by atoms with van der Waals surface area (Å²) in [5.74, 6) is 1.78. The Labute approximate surface area is 157 Å². The number of benzene rings is 1. The van der Waals surface area contributed by atoms with E-state index in [1.54, 1.807) is 43.2 Å². The maximum atomic E-state index is 13.1. The molecule has 0 atom stereocenters. The Hall–Kier alpha value is -3.03. The van der Waals surface area contributed by atoms with Crippen molar-refractivity contribution >= 4 is 17.6 Å². The molecule has 3 rings (SSSR count). The maximum Gasteiger partial charge on any atom is 0.258 e. The second-order valence-electron chi connectivity index (χ2n) is 6.57. The first-order valence-electron chi connectivity index (χ1n) is 8.74. The molecule has 1 saturated carbocycles. The maximum absolute atomic E-state index is 13.1. The zero-order valence-corrected chi connectivity index (χ0v) is 15.7. The molecular formula is C19H23N3O5. The molecule has 0 bridgehead atoms. The lowest BCUT2D eigenvalue weighted by Gasteiger charge is -2.23. The lowest BCUT2D eigenvalue weighted by atomic mass is 10.1. The van der Waals surface area contributed by atoms with Crippen LogP contribution in [0, 0.1) is 12.8 Å². The summed E-state index contributed by atoms with van der Waals surface area (Å²) in [5.41, 5.74) is 0.393. The van der Waals surface area contributed by atoms with E-state index in [0.717, 1.165) is 12.8 Å². The molecule has 0 saturated heterocycles. The Kier molecular flexibility index (Phi) is 5.63. The summed E-state index contributed by atoms with van der Waals surface area (Å²) >= 11 is 0. The van der Waals surface area contributed by atoms with Gasteiger partial charge in [0.2, 0.25) is 5.91 Å². The van der Waals surface area contributed by atoms with E-state index in [1.165, 1.54) is 7.11 Å². The van der Waals surface area contributed by atoms with Gasteiger partial charge in [-0.3, -0.25) is 9.59 Å². The number of ether oxygens (including phenoxy) is 2. The third-order valence-corrected chi connectivity index (χ3v) is 4.33. The van der Waals surface area contributed by atoms with Crippen molar-refractivity contribution in [2.45, 2.75) is 19.8 Å². The number of nitrogens with one attached hydrogen (secondary N) is 1. The molecule has 2 amide bonds. The Morgan fingerprint density at radius 2 is 2.04 bits per heavy atom. The fourth-order valence-corrected chi connectivity index (χ4v) is 2.76. The summed E-state index contributed by atoms with van der Waals surface area (Å²) in [6.45, 7) is 2.19. The van der Waals surface area contributed by atoms with Crippen LogP contribution >= 0.6 is 0 Å². The molecule has 0 spiro atoms. The largest absolute Gasteiger partial charge is 0.497 e. The van der Waals surface area contributed by atoms with E-state index >= 15 is 0 Å². The Bertz CT molecular complexity index is 829. The first-order chi connectivity index (χ1) is 13.0. The van der Waals surface area contributed by atoms with Crippen molar-refractivity contribution in [1.82, 2.24) is 10.1 Å². The fourth-order valence-electron chi connectivity index (χ4n) is 2.76. The van der Waals surface area contributed by atoms with Gasteiger partial charge in [-0.05, 0) is 37.8 Å². The van der Waals surface area contributed by atoms with Gasteiger partial charge in [-0.25, -0.2) is 0 Å². The summed E-state index contributed by atoms with van der Waals surface area (Å²) < 4.78 is 15.4. The van der Waals surface area contributed by atoms with E-state index in [9.17, 15) is 9.59 Å². The van der Waals surface area contributed by atoms with Crippen molar-refractivity contribution in [3.8, 4) is 11.5 Å². The molecule has 0 radical (unpaired) electrons. The number of anilines is 1. The predicted molar refractivity (Wildman–Crippen MR) is 98.0 cm³/mol. The van der Waals surface area contributed by atoms with Gasteiger partial charge < -0.3 is 24.2 Å². The number of carbonyl (C=O) groups excluding carboxylic acids is 2. The van der Waals surface area contributed by atoms with Crippen LogP contribution < -0.4 is 14.8 Å². The third kappa shape index (κ3) is 4.78. The Morgan fingerprint density at radius 1 is 1.26 bits per heavy atom. The van der Waals surface area contributed by atoms with Gasteiger partial charge in [-0.1, -0.05) is 5.16 Å². The minimum Gasteiger partial charge on any atom is -0.497 e. The number of hydrogen-bond acceptors (Lipinski definition) is 6. The van der Waals surface area contributed by atoms with Crippen LogP contribution in [0.4, 0.5) is 5.82 Å². The number of methoxy groups -OCH3 is 2. The van der Waals surface area contributed by atoms with Crippen LogP contribution in [0.15, 0.2) is 28.8 Å². The third-order valence-electron chi connectivity index (χ3n) is 4.33. The minimum absolute atomic E-state index is 0.0730. The number of hydrogen-bond donors (Lipinski definition) is 1. The Morgan fingerprint density at radius 3 is 2.63 bits per heavy atom. The normalized spacial score (nSPS) is 13.1. The molecule has 1 aromatic heterocycles. The molecule has 0 aliphatic heterocycles. The van der Waals surface area contributed by atoms with Crippen molar-refractivity contribution in [3.05, 3.63) is 35.6 Å². The van der Waals surface area contributed by atoms with Gasteiger partial charge in [0, 0.05) is 18.7 Å². The molecule has 144 valence electrons.